The molecule has 3 rings (SSSR count). The minimum atomic E-state index is -0.342. The predicted molar refractivity (Wildman–Crippen MR) is 75.6 cm³/mol. The molecule has 1 aromatic carbocycles. The monoisotopic (exact) mass is 303 g/mol. The van der Waals surface area contributed by atoms with Crippen LogP contribution in [0.3, 0.4) is 0 Å². The normalized spacial score (nSPS) is 10.6. The number of tetrazole rings is 1. The third-order valence-corrected chi connectivity index (χ3v) is 3.24. The molecule has 0 spiro atoms. The molecule has 0 radical (unpaired) electrons. The summed E-state index contributed by atoms with van der Waals surface area (Å²) in [5.41, 5.74) is 2.56. The van der Waals surface area contributed by atoms with Gasteiger partial charge in [-0.3, -0.25) is 4.79 Å². The summed E-state index contributed by atoms with van der Waals surface area (Å²) in [5, 5.41) is 13.8. The Morgan fingerprint density at radius 2 is 2.24 bits per heavy atom. The average Bonchev–Trinajstić information content (AvgIpc) is 3.12. The molecule has 0 fully saturated rings. The van der Waals surface area contributed by atoms with Crippen LogP contribution in [0.5, 0.6) is 0 Å². The number of hydrogen-bond acceptors (Lipinski definition) is 5. The van der Waals surface area contributed by atoms with Gasteiger partial charge in [-0.15, -0.1) is 5.10 Å². The second-order valence-electron chi connectivity index (χ2n) is 4.32. The van der Waals surface area contributed by atoms with Gasteiger partial charge in [-0.25, -0.2) is 4.68 Å². The van der Waals surface area contributed by atoms with Crippen LogP contribution in [0.25, 0.3) is 5.69 Å². The van der Waals surface area contributed by atoms with E-state index in [0.717, 1.165) is 11.3 Å². The fraction of sp³-hybridized carbons (Fsp3) is 0.0769. The van der Waals surface area contributed by atoms with Gasteiger partial charge in [0.2, 0.25) is 5.22 Å². The molecule has 0 saturated carbocycles. The van der Waals surface area contributed by atoms with Gasteiger partial charge in [0.25, 0.3) is 5.91 Å². The summed E-state index contributed by atoms with van der Waals surface area (Å²) < 4.78 is 6.41. The molecule has 2 aromatic heterocycles. The van der Waals surface area contributed by atoms with Crippen LogP contribution in [-0.4, -0.2) is 26.1 Å². The van der Waals surface area contributed by atoms with Gasteiger partial charge in [-0.2, -0.15) is 0 Å². The number of aromatic nitrogens is 4. The lowest BCUT2D eigenvalue weighted by atomic mass is 10.1. The van der Waals surface area contributed by atoms with Crippen molar-refractivity contribution in [3.63, 3.8) is 0 Å². The number of nitrogens with zero attached hydrogens (tertiary/aromatic N) is 4. The van der Waals surface area contributed by atoms with E-state index in [4.69, 9.17) is 16.0 Å². The number of carbonyl (C=O) groups is 1. The molecule has 0 bridgehead atoms. The fourth-order valence-corrected chi connectivity index (χ4v) is 2.01. The van der Waals surface area contributed by atoms with Gasteiger partial charge in [0.15, 0.2) is 0 Å². The number of nitrogens with one attached hydrogen (secondary N) is 1. The summed E-state index contributed by atoms with van der Waals surface area (Å²) in [6.07, 6.45) is 2.84. The molecule has 0 aliphatic rings. The van der Waals surface area contributed by atoms with Gasteiger partial charge in [0, 0.05) is 5.69 Å². The number of furan rings is 1. The highest BCUT2D eigenvalue weighted by atomic mass is 35.5. The second-order valence-corrected chi connectivity index (χ2v) is 4.66. The molecule has 0 aliphatic carbocycles. The van der Waals surface area contributed by atoms with E-state index in [2.05, 4.69) is 20.8 Å². The molecular formula is C13H10ClN5O2. The zero-order valence-electron chi connectivity index (χ0n) is 10.9. The van der Waals surface area contributed by atoms with Gasteiger partial charge >= 0.3 is 0 Å². The third-order valence-electron chi connectivity index (χ3n) is 2.95. The van der Waals surface area contributed by atoms with E-state index >= 15 is 0 Å². The number of benzene rings is 1. The maximum Gasteiger partial charge on any atom is 0.260 e. The molecule has 0 unspecified atom stereocenters. The molecule has 21 heavy (non-hydrogen) atoms. The maximum absolute atomic E-state index is 12.1. The van der Waals surface area contributed by atoms with Crippen LogP contribution in [0.1, 0.15) is 15.9 Å². The molecule has 2 heterocycles. The molecule has 1 N–H and O–H groups in total. The first-order valence-corrected chi connectivity index (χ1v) is 6.41. The number of rotatable bonds is 3. The van der Waals surface area contributed by atoms with Crippen molar-refractivity contribution in [3.8, 4) is 5.69 Å². The molecule has 0 aliphatic heterocycles. The lowest BCUT2D eigenvalue weighted by Gasteiger charge is -2.09. The van der Waals surface area contributed by atoms with E-state index in [-0.39, 0.29) is 16.7 Å². The van der Waals surface area contributed by atoms with Crippen molar-refractivity contribution in [2.75, 3.05) is 5.32 Å². The van der Waals surface area contributed by atoms with Crippen LogP contribution < -0.4 is 5.32 Å². The quantitative estimate of drug-likeness (QED) is 0.803. The first-order chi connectivity index (χ1) is 10.1. The summed E-state index contributed by atoms with van der Waals surface area (Å²) in [6, 6.07) is 7.01. The molecule has 0 atom stereocenters. The standard InChI is InChI=1S/C13H10ClN5O2/c1-8-2-3-9(19-7-15-17-18-19)6-11(8)16-13(20)10-4-5-21-12(10)14/h2-7H,1H3,(H,16,20). The van der Waals surface area contributed by atoms with Crippen molar-refractivity contribution in [3.05, 3.63) is 53.2 Å². The average molecular weight is 304 g/mol. The van der Waals surface area contributed by atoms with Crippen LogP contribution in [0.2, 0.25) is 5.22 Å². The van der Waals surface area contributed by atoms with Crippen molar-refractivity contribution >= 4 is 23.2 Å². The summed E-state index contributed by atoms with van der Waals surface area (Å²) in [4.78, 5) is 12.1. The molecule has 1 amide bonds. The Morgan fingerprint density at radius 1 is 1.38 bits per heavy atom. The van der Waals surface area contributed by atoms with E-state index in [1.165, 1.54) is 23.3 Å². The van der Waals surface area contributed by atoms with Gasteiger partial charge in [-0.05, 0) is 52.7 Å². The molecule has 0 saturated heterocycles. The largest absolute Gasteiger partial charge is 0.452 e. The molecule has 106 valence electrons. The van der Waals surface area contributed by atoms with Gasteiger partial charge in [0.1, 0.15) is 6.33 Å². The van der Waals surface area contributed by atoms with Crippen molar-refractivity contribution in [1.29, 1.82) is 0 Å². The van der Waals surface area contributed by atoms with E-state index in [1.807, 2.05) is 19.1 Å². The predicted octanol–water partition coefficient (Wildman–Crippen LogP) is 2.47. The Balaban J connectivity index is 1.90. The Bertz CT molecular complexity index is 782. The van der Waals surface area contributed by atoms with Gasteiger partial charge < -0.3 is 9.73 Å². The molecular weight excluding hydrogens is 294 g/mol. The Labute approximate surface area is 124 Å². The zero-order chi connectivity index (χ0) is 14.8. The summed E-state index contributed by atoms with van der Waals surface area (Å²) in [5.74, 6) is -0.342. The summed E-state index contributed by atoms with van der Waals surface area (Å²) in [6.45, 7) is 1.88. The van der Waals surface area contributed by atoms with E-state index in [9.17, 15) is 4.79 Å². The lowest BCUT2D eigenvalue weighted by Crippen LogP contribution is -2.12. The third kappa shape index (κ3) is 2.63. The van der Waals surface area contributed by atoms with Crippen molar-refractivity contribution < 1.29 is 9.21 Å². The fourth-order valence-electron chi connectivity index (χ4n) is 1.81. The van der Waals surface area contributed by atoms with Crippen LogP contribution in [-0.2, 0) is 0 Å². The van der Waals surface area contributed by atoms with Crippen molar-refractivity contribution in [2.45, 2.75) is 6.92 Å². The molecule has 7 nitrogen and oxygen atoms in total. The van der Waals surface area contributed by atoms with Crippen LogP contribution >= 0.6 is 11.6 Å². The highest BCUT2D eigenvalue weighted by molar-refractivity contribution is 6.32. The van der Waals surface area contributed by atoms with Crippen LogP contribution in [0.15, 0.2) is 41.3 Å². The molecule has 3 aromatic rings. The maximum atomic E-state index is 12.1. The highest BCUT2D eigenvalue weighted by Crippen LogP contribution is 2.22. The smallest absolute Gasteiger partial charge is 0.260 e. The number of aryl methyl sites for hydroxylation is 1. The van der Waals surface area contributed by atoms with Crippen LogP contribution in [0, 0.1) is 6.92 Å². The number of anilines is 1. The Kier molecular flexibility index (Phi) is 3.41. The number of carbonyl (C=O) groups excluding carboxylic acids is 1. The van der Waals surface area contributed by atoms with E-state index < -0.39 is 0 Å². The van der Waals surface area contributed by atoms with Gasteiger partial charge in [-0.1, -0.05) is 6.07 Å². The minimum absolute atomic E-state index is 0.0572. The van der Waals surface area contributed by atoms with E-state index in [1.54, 1.807) is 6.07 Å². The second kappa shape index (κ2) is 5.37. The first-order valence-electron chi connectivity index (χ1n) is 6.03. The summed E-state index contributed by atoms with van der Waals surface area (Å²) in [7, 11) is 0. The van der Waals surface area contributed by atoms with Gasteiger partial charge in [0.05, 0.1) is 17.5 Å². The Morgan fingerprint density at radius 3 is 2.90 bits per heavy atom. The van der Waals surface area contributed by atoms with Crippen molar-refractivity contribution in [1.82, 2.24) is 20.2 Å². The van der Waals surface area contributed by atoms with Crippen LogP contribution in [0.4, 0.5) is 5.69 Å². The van der Waals surface area contributed by atoms with Crippen molar-refractivity contribution in [2.24, 2.45) is 0 Å². The minimum Gasteiger partial charge on any atom is -0.452 e. The highest BCUT2D eigenvalue weighted by Gasteiger charge is 2.14. The lowest BCUT2D eigenvalue weighted by molar-refractivity contribution is 0.102. The zero-order valence-corrected chi connectivity index (χ0v) is 11.7. The van der Waals surface area contributed by atoms with E-state index in [0.29, 0.717) is 5.69 Å². The SMILES string of the molecule is Cc1ccc(-n2cnnn2)cc1NC(=O)c1ccoc1Cl. The molecule has 8 heteroatoms. The Hall–Kier alpha value is -2.67. The number of halogens is 1. The number of hydrogen-bond donors (Lipinski definition) is 1. The summed E-state index contributed by atoms with van der Waals surface area (Å²) >= 11 is 5.80. The first kappa shape index (κ1) is 13.3. The topological polar surface area (TPSA) is 85.8 Å². The number of amides is 1.